The fourth-order valence-electron chi connectivity index (χ4n) is 3.61. The molecule has 2 aromatic rings. The van der Waals surface area contributed by atoms with Crippen molar-refractivity contribution < 1.29 is 18.4 Å². The summed E-state index contributed by atoms with van der Waals surface area (Å²) in [6.45, 7) is 1.93. The number of aryl methyl sites for hydroxylation is 1. The first-order valence-corrected chi connectivity index (χ1v) is 7.98. The number of imide groups is 1. The highest BCUT2D eigenvalue weighted by atomic mass is 19.1. The van der Waals surface area contributed by atoms with Gasteiger partial charge >= 0.3 is 6.03 Å². The second kappa shape index (κ2) is 5.29. The molecule has 5 nitrogen and oxygen atoms in total. The molecule has 2 atom stereocenters. The Morgan fingerprint density at radius 2 is 2.12 bits per heavy atom. The second-order valence-electron chi connectivity index (χ2n) is 6.48. The van der Waals surface area contributed by atoms with E-state index in [9.17, 15) is 18.4 Å². The molecular weight excluding hydrogens is 316 g/mol. The van der Waals surface area contributed by atoms with Crippen LogP contribution in [0.3, 0.4) is 0 Å². The van der Waals surface area contributed by atoms with Gasteiger partial charge in [-0.15, -0.1) is 0 Å². The molecule has 2 aliphatic rings. The van der Waals surface area contributed by atoms with Crippen LogP contribution in [-0.2, 0) is 11.2 Å². The molecule has 24 heavy (non-hydrogen) atoms. The minimum absolute atomic E-state index is 0.00268. The van der Waals surface area contributed by atoms with Crippen LogP contribution in [0.25, 0.3) is 10.9 Å². The van der Waals surface area contributed by atoms with Gasteiger partial charge in [0, 0.05) is 30.1 Å². The van der Waals surface area contributed by atoms with Gasteiger partial charge < -0.3 is 9.88 Å². The standard InChI is InChI=1S/C17H17F2N3O2/c1-9-4-12-10(7-20-14(12)6-13(9)19)2-3-21-16(23)15-5-11(18)8-22(15)17(21)24/h4,6-7,11,15,20H,2-3,5,8H2,1H3/t11-,15+/m1/s1. The number of fused-ring (bicyclic) bond motifs is 2. The monoisotopic (exact) mass is 333 g/mol. The van der Waals surface area contributed by atoms with Crippen LogP contribution in [0.15, 0.2) is 18.3 Å². The number of H-pyrrole nitrogens is 1. The van der Waals surface area contributed by atoms with E-state index in [0.29, 0.717) is 17.5 Å². The predicted octanol–water partition coefficient (Wildman–Crippen LogP) is 2.53. The Bertz CT molecular complexity index is 824. The zero-order chi connectivity index (χ0) is 17.0. The molecule has 2 aliphatic heterocycles. The van der Waals surface area contributed by atoms with Crippen molar-refractivity contribution in [2.75, 3.05) is 13.1 Å². The smallest absolute Gasteiger partial charge is 0.327 e. The van der Waals surface area contributed by atoms with Gasteiger partial charge in [-0.25, -0.2) is 13.6 Å². The Labute approximate surface area is 137 Å². The van der Waals surface area contributed by atoms with E-state index in [4.69, 9.17) is 0 Å². The average molecular weight is 333 g/mol. The number of hydrogen-bond donors (Lipinski definition) is 1. The third kappa shape index (κ3) is 2.18. The number of alkyl halides is 1. The molecule has 1 aromatic heterocycles. The van der Waals surface area contributed by atoms with Gasteiger partial charge in [0.25, 0.3) is 5.91 Å². The van der Waals surface area contributed by atoms with Gasteiger partial charge in [-0.3, -0.25) is 9.69 Å². The highest BCUT2D eigenvalue weighted by molar-refractivity contribution is 6.04. The van der Waals surface area contributed by atoms with Crippen LogP contribution in [0, 0.1) is 12.7 Å². The number of benzene rings is 1. The number of nitrogens with zero attached hydrogens (tertiary/aromatic N) is 2. The van der Waals surface area contributed by atoms with Crippen molar-refractivity contribution in [1.82, 2.24) is 14.8 Å². The van der Waals surface area contributed by atoms with E-state index in [2.05, 4.69) is 4.98 Å². The molecule has 2 fully saturated rings. The topological polar surface area (TPSA) is 56.4 Å². The summed E-state index contributed by atoms with van der Waals surface area (Å²) in [6.07, 6.45) is 1.22. The van der Waals surface area contributed by atoms with Gasteiger partial charge in [0.2, 0.25) is 0 Å². The molecule has 1 N–H and O–H groups in total. The molecule has 0 aliphatic carbocycles. The Kier molecular flexibility index (Phi) is 3.33. The Balaban J connectivity index is 1.53. The lowest BCUT2D eigenvalue weighted by molar-refractivity contribution is -0.128. The van der Waals surface area contributed by atoms with E-state index in [-0.39, 0.29) is 31.2 Å². The number of halogens is 2. The van der Waals surface area contributed by atoms with Gasteiger partial charge in [0.1, 0.15) is 18.0 Å². The molecule has 4 rings (SSSR count). The maximum atomic E-state index is 13.6. The number of urea groups is 1. The van der Waals surface area contributed by atoms with Crippen LogP contribution >= 0.6 is 0 Å². The van der Waals surface area contributed by atoms with Crippen molar-refractivity contribution in [3.8, 4) is 0 Å². The Morgan fingerprint density at radius 1 is 1.33 bits per heavy atom. The number of rotatable bonds is 3. The lowest BCUT2D eigenvalue weighted by Crippen LogP contribution is -2.35. The van der Waals surface area contributed by atoms with Gasteiger partial charge in [-0.1, -0.05) is 0 Å². The first kappa shape index (κ1) is 15.1. The van der Waals surface area contributed by atoms with E-state index in [0.717, 1.165) is 10.9 Å². The summed E-state index contributed by atoms with van der Waals surface area (Å²) in [4.78, 5) is 30.1. The number of amides is 3. The fourth-order valence-corrected chi connectivity index (χ4v) is 3.61. The predicted molar refractivity (Wildman–Crippen MR) is 83.8 cm³/mol. The molecule has 2 saturated heterocycles. The van der Waals surface area contributed by atoms with Crippen molar-refractivity contribution in [1.29, 1.82) is 0 Å². The summed E-state index contributed by atoms with van der Waals surface area (Å²) < 4.78 is 27.0. The van der Waals surface area contributed by atoms with Gasteiger partial charge in [0.05, 0.1) is 6.54 Å². The van der Waals surface area contributed by atoms with Crippen LogP contribution in [0.5, 0.6) is 0 Å². The highest BCUT2D eigenvalue weighted by Gasteiger charge is 2.50. The van der Waals surface area contributed by atoms with Crippen LogP contribution in [0.2, 0.25) is 0 Å². The lowest BCUT2D eigenvalue weighted by atomic mass is 10.1. The summed E-state index contributed by atoms with van der Waals surface area (Å²) in [7, 11) is 0. The summed E-state index contributed by atoms with van der Waals surface area (Å²) >= 11 is 0. The zero-order valence-electron chi connectivity index (χ0n) is 13.2. The molecule has 0 spiro atoms. The molecule has 7 heteroatoms. The molecule has 0 bridgehead atoms. The third-order valence-electron chi connectivity index (χ3n) is 4.93. The van der Waals surface area contributed by atoms with Crippen molar-refractivity contribution in [3.05, 3.63) is 35.3 Å². The Morgan fingerprint density at radius 3 is 2.88 bits per heavy atom. The molecule has 1 aromatic carbocycles. The number of hydrogen-bond acceptors (Lipinski definition) is 2. The van der Waals surface area contributed by atoms with Gasteiger partial charge in [-0.05, 0) is 36.6 Å². The largest absolute Gasteiger partial charge is 0.361 e. The summed E-state index contributed by atoms with van der Waals surface area (Å²) in [5.41, 5.74) is 2.16. The first-order valence-electron chi connectivity index (χ1n) is 7.98. The Hall–Kier alpha value is -2.44. The minimum atomic E-state index is -1.11. The maximum absolute atomic E-state index is 13.6. The average Bonchev–Trinajstić information content (AvgIpc) is 3.16. The van der Waals surface area contributed by atoms with E-state index in [1.807, 2.05) is 0 Å². The van der Waals surface area contributed by atoms with Crippen molar-refractivity contribution >= 4 is 22.8 Å². The highest BCUT2D eigenvalue weighted by Crippen LogP contribution is 2.30. The normalized spacial score (nSPS) is 23.6. The van der Waals surface area contributed by atoms with Crippen molar-refractivity contribution in [2.45, 2.75) is 32.0 Å². The van der Waals surface area contributed by atoms with E-state index in [1.54, 1.807) is 19.2 Å². The second-order valence-corrected chi connectivity index (χ2v) is 6.48. The molecule has 0 saturated carbocycles. The van der Waals surface area contributed by atoms with E-state index >= 15 is 0 Å². The molecule has 3 amide bonds. The number of nitrogens with one attached hydrogen (secondary N) is 1. The SMILES string of the molecule is Cc1cc2c(CCN3C(=O)[C@@H]4C[C@@H](F)CN4C3=O)c[nH]c2cc1F. The van der Waals surface area contributed by atoms with Crippen LogP contribution in [-0.4, -0.2) is 52.0 Å². The quantitative estimate of drug-likeness (QED) is 0.878. The van der Waals surface area contributed by atoms with Crippen LogP contribution < -0.4 is 0 Å². The fraction of sp³-hybridized carbons (Fsp3) is 0.412. The number of aromatic nitrogens is 1. The summed E-state index contributed by atoms with van der Waals surface area (Å²) in [6, 6.07) is 2.15. The number of carbonyl (C=O) groups excluding carboxylic acids is 2. The maximum Gasteiger partial charge on any atom is 0.327 e. The van der Waals surface area contributed by atoms with Crippen LogP contribution in [0.1, 0.15) is 17.5 Å². The van der Waals surface area contributed by atoms with Crippen LogP contribution in [0.4, 0.5) is 13.6 Å². The zero-order valence-corrected chi connectivity index (χ0v) is 13.2. The number of aromatic amines is 1. The minimum Gasteiger partial charge on any atom is -0.361 e. The van der Waals surface area contributed by atoms with Crippen molar-refractivity contribution in [3.63, 3.8) is 0 Å². The molecule has 0 radical (unpaired) electrons. The van der Waals surface area contributed by atoms with Gasteiger partial charge in [0.15, 0.2) is 0 Å². The van der Waals surface area contributed by atoms with Crippen molar-refractivity contribution in [2.24, 2.45) is 0 Å². The molecule has 0 unspecified atom stereocenters. The summed E-state index contributed by atoms with van der Waals surface area (Å²) in [5.74, 6) is -0.593. The first-order chi connectivity index (χ1) is 11.5. The molecule has 126 valence electrons. The summed E-state index contributed by atoms with van der Waals surface area (Å²) in [5, 5.41) is 0.886. The lowest BCUT2D eigenvalue weighted by Gasteiger charge is -2.15. The number of carbonyl (C=O) groups is 2. The third-order valence-corrected chi connectivity index (χ3v) is 4.93. The molecule has 3 heterocycles. The van der Waals surface area contributed by atoms with Gasteiger partial charge in [-0.2, -0.15) is 0 Å². The van der Waals surface area contributed by atoms with E-state index in [1.165, 1.54) is 15.9 Å². The van der Waals surface area contributed by atoms with E-state index < -0.39 is 18.2 Å². The molecular formula is C17H17F2N3O2.